The second kappa shape index (κ2) is 13.3. The fraction of sp³-hybridized carbons (Fsp3) is 0.242. The van der Waals surface area contributed by atoms with Crippen molar-refractivity contribution in [1.29, 1.82) is 0 Å². The summed E-state index contributed by atoms with van der Waals surface area (Å²) >= 11 is 6.45. The van der Waals surface area contributed by atoms with Gasteiger partial charge < -0.3 is 38.6 Å². The highest BCUT2D eigenvalue weighted by Gasteiger charge is 2.37. The molecule has 2 aromatic heterocycles. The first-order chi connectivity index (χ1) is 23.6. The number of benzene rings is 3. The SMILES string of the molecule is COC(=O)c1cc2c3c(cc(NC(=O)OCc4ccc([N+](=O)[O-])cc4)c2[nH]1)N(C(=O)c1cc2cc(OC)c(OC)c(OC)c2[nH]1)CC3CCl. The molecule has 1 aliphatic heterocycles. The number of amides is 2. The van der Waals surface area contributed by atoms with Gasteiger partial charge >= 0.3 is 12.1 Å². The van der Waals surface area contributed by atoms with Gasteiger partial charge in [-0.25, -0.2) is 9.59 Å². The minimum atomic E-state index is -0.843. The van der Waals surface area contributed by atoms with E-state index in [2.05, 4.69) is 15.3 Å². The van der Waals surface area contributed by atoms with Crippen LogP contribution in [0.1, 0.15) is 38.0 Å². The third-order valence-corrected chi connectivity index (χ3v) is 8.65. The molecule has 0 spiro atoms. The van der Waals surface area contributed by atoms with Crippen LogP contribution >= 0.6 is 11.6 Å². The monoisotopic (exact) mass is 691 g/mol. The number of hydrogen-bond donors (Lipinski definition) is 3. The van der Waals surface area contributed by atoms with Gasteiger partial charge in [0.1, 0.15) is 18.0 Å². The molecule has 0 saturated carbocycles. The molecule has 0 aliphatic carbocycles. The zero-order valence-corrected chi connectivity index (χ0v) is 27.4. The van der Waals surface area contributed by atoms with E-state index in [9.17, 15) is 24.5 Å². The highest BCUT2D eigenvalue weighted by atomic mass is 35.5. The van der Waals surface area contributed by atoms with E-state index < -0.39 is 17.0 Å². The lowest BCUT2D eigenvalue weighted by Gasteiger charge is -2.18. The van der Waals surface area contributed by atoms with E-state index >= 15 is 0 Å². The largest absolute Gasteiger partial charge is 0.493 e. The lowest BCUT2D eigenvalue weighted by atomic mass is 9.98. The van der Waals surface area contributed by atoms with E-state index in [-0.39, 0.29) is 53.6 Å². The summed E-state index contributed by atoms with van der Waals surface area (Å²) < 4.78 is 26.9. The van der Waals surface area contributed by atoms with Crippen molar-refractivity contribution in [3.05, 3.63) is 81.2 Å². The quantitative estimate of drug-likeness (QED) is 0.0668. The summed E-state index contributed by atoms with van der Waals surface area (Å²) in [5, 5.41) is 14.9. The highest BCUT2D eigenvalue weighted by Crippen LogP contribution is 2.47. The van der Waals surface area contributed by atoms with Crippen LogP contribution < -0.4 is 24.4 Å². The number of nitro groups is 1. The van der Waals surface area contributed by atoms with Crippen molar-refractivity contribution in [2.24, 2.45) is 0 Å². The van der Waals surface area contributed by atoms with Crippen molar-refractivity contribution < 1.29 is 43.0 Å². The molecule has 15 nitrogen and oxygen atoms in total. The summed E-state index contributed by atoms with van der Waals surface area (Å²) in [5.41, 5.74) is 3.10. The third-order valence-electron chi connectivity index (χ3n) is 8.28. The second-order valence-electron chi connectivity index (χ2n) is 11.0. The molecule has 49 heavy (non-hydrogen) atoms. The fourth-order valence-electron chi connectivity index (χ4n) is 6.02. The van der Waals surface area contributed by atoms with Crippen molar-refractivity contribution in [2.75, 3.05) is 51.1 Å². The van der Waals surface area contributed by atoms with Gasteiger partial charge in [0.25, 0.3) is 11.6 Å². The van der Waals surface area contributed by atoms with E-state index in [0.717, 1.165) is 0 Å². The van der Waals surface area contributed by atoms with Crippen LogP contribution in [0.5, 0.6) is 17.2 Å². The van der Waals surface area contributed by atoms with Gasteiger partial charge in [-0.2, -0.15) is 0 Å². The Labute approximate surface area is 283 Å². The van der Waals surface area contributed by atoms with Crippen LogP contribution in [-0.4, -0.2) is 73.7 Å². The molecular formula is C33H30ClN5O10. The summed E-state index contributed by atoms with van der Waals surface area (Å²) in [4.78, 5) is 58.0. The number of aromatic amines is 2. The molecular weight excluding hydrogens is 662 g/mol. The van der Waals surface area contributed by atoms with Crippen LogP contribution in [0, 0.1) is 10.1 Å². The molecule has 0 radical (unpaired) electrons. The number of halogens is 1. The first-order valence-corrected chi connectivity index (χ1v) is 15.3. The third kappa shape index (κ3) is 5.88. The molecule has 6 rings (SSSR count). The number of rotatable bonds is 10. The molecule has 2 amide bonds. The maximum atomic E-state index is 14.2. The molecule has 1 atom stereocenters. The molecule has 3 heterocycles. The van der Waals surface area contributed by atoms with Crippen LogP contribution in [0.4, 0.5) is 21.9 Å². The summed E-state index contributed by atoms with van der Waals surface area (Å²) in [7, 11) is 5.71. The summed E-state index contributed by atoms with van der Waals surface area (Å²) in [6.45, 7) is 0.0348. The number of fused-ring (bicyclic) bond motifs is 4. The number of nitrogens with one attached hydrogen (secondary N) is 3. The summed E-state index contributed by atoms with van der Waals surface area (Å²) in [5.74, 6) is -0.0526. The zero-order chi connectivity index (χ0) is 35.0. The number of methoxy groups -OCH3 is 4. The number of carbonyl (C=O) groups excluding carboxylic acids is 3. The van der Waals surface area contributed by atoms with Crippen LogP contribution in [0.25, 0.3) is 21.8 Å². The Hall–Kier alpha value is -5.96. The van der Waals surface area contributed by atoms with Crippen molar-refractivity contribution in [3.63, 3.8) is 0 Å². The number of ether oxygens (including phenoxy) is 5. The Morgan fingerprint density at radius 1 is 0.959 bits per heavy atom. The predicted octanol–water partition coefficient (Wildman–Crippen LogP) is 6.10. The Balaban J connectivity index is 1.38. The lowest BCUT2D eigenvalue weighted by molar-refractivity contribution is -0.384. The number of esters is 1. The molecule has 3 aromatic carbocycles. The number of anilines is 2. The Morgan fingerprint density at radius 2 is 1.67 bits per heavy atom. The van der Waals surface area contributed by atoms with E-state index in [1.807, 2.05) is 0 Å². The van der Waals surface area contributed by atoms with Gasteiger partial charge in [0.15, 0.2) is 11.5 Å². The van der Waals surface area contributed by atoms with Crippen LogP contribution in [0.2, 0.25) is 0 Å². The minimum absolute atomic E-state index is 0.0951. The van der Waals surface area contributed by atoms with E-state index in [4.69, 9.17) is 35.3 Å². The van der Waals surface area contributed by atoms with Crippen LogP contribution in [0.3, 0.4) is 0 Å². The Kier molecular flexibility index (Phi) is 8.93. The second-order valence-corrected chi connectivity index (χ2v) is 11.3. The molecule has 3 N–H and O–H groups in total. The van der Waals surface area contributed by atoms with E-state index in [0.29, 0.717) is 55.9 Å². The number of nitrogens with zero attached hydrogens (tertiary/aromatic N) is 2. The normalized spacial score (nSPS) is 13.7. The Bertz CT molecular complexity index is 2120. The maximum absolute atomic E-state index is 14.2. The van der Waals surface area contributed by atoms with E-state index in [1.54, 1.807) is 29.2 Å². The molecule has 1 aliphatic rings. The average Bonchev–Trinajstić information content (AvgIpc) is 3.84. The van der Waals surface area contributed by atoms with Crippen molar-refractivity contribution in [2.45, 2.75) is 12.5 Å². The molecule has 5 aromatic rings. The first-order valence-electron chi connectivity index (χ1n) is 14.8. The first kappa shape index (κ1) is 33.0. The number of H-pyrrole nitrogens is 2. The molecule has 254 valence electrons. The highest BCUT2D eigenvalue weighted by molar-refractivity contribution is 6.20. The lowest BCUT2D eigenvalue weighted by Crippen LogP contribution is -2.30. The standard InChI is InChI=1S/C33H30ClN5O10/c1-45-25-10-17-9-22(35-27(17)30(47-3)29(25)46-2)31(40)38-14-18(13-34)26-20-11-23(32(41)48-4)36-28(20)21(12-24(26)38)37-33(42)49-15-16-5-7-19(8-6-16)39(43)44/h5-12,18,35-36H,13-15H2,1-4H3,(H,37,42). The molecule has 1 unspecified atom stereocenters. The summed E-state index contributed by atoms with van der Waals surface area (Å²) in [6.07, 6.45) is -0.843. The average molecular weight is 692 g/mol. The number of aromatic nitrogens is 2. The van der Waals surface area contributed by atoms with Crippen LogP contribution in [-0.2, 0) is 16.1 Å². The van der Waals surface area contributed by atoms with Gasteiger partial charge in [0.2, 0.25) is 5.75 Å². The number of carbonyl (C=O) groups is 3. The molecule has 0 fully saturated rings. The number of hydrogen-bond acceptors (Lipinski definition) is 10. The summed E-state index contributed by atoms with van der Waals surface area (Å²) in [6, 6.07) is 12.2. The van der Waals surface area contributed by atoms with Gasteiger partial charge in [0.05, 0.1) is 55.8 Å². The van der Waals surface area contributed by atoms with Crippen LogP contribution in [0.15, 0.2) is 48.5 Å². The van der Waals surface area contributed by atoms with Gasteiger partial charge in [-0.1, -0.05) is 0 Å². The molecule has 0 bridgehead atoms. The molecule has 0 saturated heterocycles. The number of non-ortho nitro benzene ring substituents is 1. The van der Waals surface area contributed by atoms with Crippen molar-refractivity contribution in [1.82, 2.24) is 9.97 Å². The van der Waals surface area contributed by atoms with Gasteiger partial charge in [-0.3, -0.25) is 20.2 Å². The van der Waals surface area contributed by atoms with Crippen molar-refractivity contribution >= 4 is 68.4 Å². The number of nitro benzene ring substituents is 1. The van der Waals surface area contributed by atoms with Crippen molar-refractivity contribution in [3.8, 4) is 17.2 Å². The maximum Gasteiger partial charge on any atom is 0.412 e. The molecule has 16 heteroatoms. The fourth-order valence-corrected chi connectivity index (χ4v) is 6.27. The minimum Gasteiger partial charge on any atom is -0.493 e. The van der Waals surface area contributed by atoms with E-state index in [1.165, 1.54) is 52.7 Å². The zero-order valence-electron chi connectivity index (χ0n) is 26.7. The Morgan fingerprint density at radius 3 is 2.31 bits per heavy atom. The van der Waals surface area contributed by atoms with Gasteiger partial charge in [-0.15, -0.1) is 11.6 Å². The van der Waals surface area contributed by atoms with Gasteiger partial charge in [-0.05, 0) is 47.5 Å². The van der Waals surface area contributed by atoms with Gasteiger partial charge in [0, 0.05) is 41.2 Å². The smallest absolute Gasteiger partial charge is 0.412 e. The topological polar surface area (TPSA) is 187 Å². The predicted molar refractivity (Wildman–Crippen MR) is 180 cm³/mol. The number of alkyl halides is 1.